The van der Waals surface area contributed by atoms with E-state index in [-0.39, 0.29) is 52.8 Å². The van der Waals surface area contributed by atoms with Crippen LogP contribution in [0.15, 0.2) is 66.7 Å². The molecule has 57 heavy (non-hydrogen) atoms. The maximum Gasteiger partial charge on any atom is 0.414 e. The van der Waals surface area contributed by atoms with Gasteiger partial charge in [-0.05, 0) is 67.0 Å². The molecule has 296 valence electrons. The standard InChI is InChI=1S/C43H42ClN3O9S/c1-53-34-18-28-31(47(43(51)52)42(56-37-15-7-9-17-54-37)30-13-6-8-16-45(30)40(28)49)20-35(34)55-23-29-26-11-4-5-14-36(26)57-39(29)41(50)46-22-24(21-44)38-27-12-3-2-10-25(27)33(48)19-32(38)46/h2-5,10-12,14,18-20,24,30,37,42,48H,6-9,13,15-17,21-23H2,1H3,(H,51,52)/t24-,30+,37?,42?/m1/s1. The van der Waals surface area contributed by atoms with E-state index in [2.05, 4.69) is 0 Å². The van der Waals surface area contributed by atoms with Crippen LogP contribution in [0, 0.1) is 0 Å². The lowest BCUT2D eigenvalue weighted by molar-refractivity contribution is -0.198. The van der Waals surface area contributed by atoms with Crippen LogP contribution in [-0.2, 0) is 16.1 Å². The molecule has 0 aliphatic carbocycles. The van der Waals surface area contributed by atoms with Crippen LogP contribution in [0.5, 0.6) is 17.2 Å². The molecule has 0 radical (unpaired) electrons. The van der Waals surface area contributed by atoms with Gasteiger partial charge in [0.2, 0.25) is 0 Å². The number of methoxy groups -OCH3 is 1. The van der Waals surface area contributed by atoms with E-state index in [1.54, 1.807) is 15.9 Å². The lowest BCUT2D eigenvalue weighted by Crippen LogP contribution is -2.57. The Balaban J connectivity index is 1.10. The van der Waals surface area contributed by atoms with E-state index in [1.807, 2.05) is 48.5 Å². The summed E-state index contributed by atoms with van der Waals surface area (Å²) in [6.07, 6.45) is 1.71. The van der Waals surface area contributed by atoms with Crippen LogP contribution in [-0.4, -0.2) is 84.3 Å². The van der Waals surface area contributed by atoms with Crippen molar-refractivity contribution in [1.82, 2.24) is 4.90 Å². The largest absolute Gasteiger partial charge is 0.507 e. The summed E-state index contributed by atoms with van der Waals surface area (Å²) in [5.74, 6) is 0.100. The number of amides is 3. The molecular weight excluding hydrogens is 770 g/mol. The zero-order valence-corrected chi connectivity index (χ0v) is 32.9. The van der Waals surface area contributed by atoms with E-state index in [0.29, 0.717) is 59.9 Å². The Labute approximate surface area is 338 Å². The summed E-state index contributed by atoms with van der Waals surface area (Å²) in [7, 11) is 1.47. The van der Waals surface area contributed by atoms with Crippen LogP contribution in [0.2, 0.25) is 0 Å². The lowest BCUT2D eigenvalue weighted by atomic mass is 9.95. The van der Waals surface area contributed by atoms with Crippen molar-refractivity contribution in [2.24, 2.45) is 0 Å². The van der Waals surface area contributed by atoms with Gasteiger partial charge >= 0.3 is 6.09 Å². The molecule has 0 bridgehead atoms. The molecule has 1 aromatic heterocycles. The van der Waals surface area contributed by atoms with Gasteiger partial charge in [0.05, 0.1) is 30.1 Å². The average molecular weight is 812 g/mol. The third-order valence-corrected chi connectivity index (χ3v) is 13.2. The van der Waals surface area contributed by atoms with Gasteiger partial charge in [-0.3, -0.25) is 9.59 Å². The number of carboxylic acid groups (broad SMARTS) is 1. The minimum absolute atomic E-state index is 0.0750. The van der Waals surface area contributed by atoms with Gasteiger partial charge in [-0.1, -0.05) is 42.5 Å². The molecule has 2 saturated heterocycles. The number of hydrogen-bond donors (Lipinski definition) is 2. The second-order valence-corrected chi connectivity index (χ2v) is 16.3. The summed E-state index contributed by atoms with van der Waals surface area (Å²) in [5.41, 5.74) is 2.46. The van der Waals surface area contributed by atoms with Crippen LogP contribution in [0.3, 0.4) is 0 Å². The highest BCUT2D eigenvalue weighted by Crippen LogP contribution is 2.47. The van der Waals surface area contributed by atoms with Crippen LogP contribution in [0.1, 0.15) is 75.6 Å². The summed E-state index contributed by atoms with van der Waals surface area (Å²) in [4.78, 5) is 47.3. The highest BCUT2D eigenvalue weighted by Gasteiger charge is 2.46. The summed E-state index contributed by atoms with van der Waals surface area (Å²) >= 11 is 7.87. The Morgan fingerprint density at radius 1 is 0.947 bits per heavy atom. The van der Waals surface area contributed by atoms with Crippen molar-refractivity contribution in [1.29, 1.82) is 0 Å². The van der Waals surface area contributed by atoms with Crippen molar-refractivity contribution >= 4 is 73.1 Å². The van der Waals surface area contributed by atoms with Crippen LogP contribution in [0.4, 0.5) is 16.2 Å². The molecule has 0 spiro atoms. The zero-order chi connectivity index (χ0) is 39.4. The number of carbonyl (C=O) groups excluding carboxylic acids is 2. The second-order valence-electron chi connectivity index (χ2n) is 14.9. The molecule has 4 aliphatic heterocycles. The number of anilines is 2. The molecule has 2 unspecified atom stereocenters. The second kappa shape index (κ2) is 15.4. The van der Waals surface area contributed by atoms with E-state index < -0.39 is 24.7 Å². The molecule has 3 amide bonds. The van der Waals surface area contributed by atoms with E-state index in [9.17, 15) is 24.6 Å². The molecule has 4 atom stereocenters. The number of hydrogen-bond acceptors (Lipinski definition) is 9. The molecule has 4 aliphatic rings. The highest BCUT2D eigenvalue weighted by molar-refractivity contribution is 7.21. The number of piperidine rings is 1. The first-order valence-electron chi connectivity index (χ1n) is 19.3. The number of thiophene rings is 1. The molecule has 5 heterocycles. The van der Waals surface area contributed by atoms with Gasteiger partial charge < -0.3 is 39.0 Å². The number of aromatic hydroxyl groups is 1. The highest BCUT2D eigenvalue weighted by atomic mass is 35.5. The van der Waals surface area contributed by atoms with Gasteiger partial charge in [0.25, 0.3) is 11.8 Å². The van der Waals surface area contributed by atoms with Gasteiger partial charge in [-0.25, -0.2) is 9.69 Å². The average Bonchev–Trinajstić information content (AvgIpc) is 3.78. The Hall–Kier alpha value is -5.08. The number of benzene rings is 4. The number of carbonyl (C=O) groups is 3. The predicted octanol–water partition coefficient (Wildman–Crippen LogP) is 8.69. The Morgan fingerprint density at radius 2 is 1.72 bits per heavy atom. The summed E-state index contributed by atoms with van der Waals surface area (Å²) in [5, 5.41) is 24.3. The number of phenols is 1. The molecule has 4 aromatic carbocycles. The minimum Gasteiger partial charge on any atom is -0.507 e. The van der Waals surface area contributed by atoms with Crippen molar-refractivity contribution in [3.05, 3.63) is 88.3 Å². The van der Waals surface area contributed by atoms with E-state index in [0.717, 1.165) is 51.6 Å². The molecule has 0 saturated carbocycles. The molecule has 14 heteroatoms. The molecule has 5 aromatic rings. The minimum atomic E-state index is -1.27. The van der Waals surface area contributed by atoms with Crippen molar-refractivity contribution in [3.8, 4) is 17.2 Å². The van der Waals surface area contributed by atoms with Gasteiger partial charge in [0, 0.05) is 59.3 Å². The van der Waals surface area contributed by atoms with E-state index in [4.69, 9.17) is 30.5 Å². The SMILES string of the molecule is COc1cc2c(cc1OCc1c(C(=O)N3C[C@@H](CCl)c4c3cc(O)c3ccccc43)sc3ccccc13)N(C(=O)O)C(OC1CCCCO1)[C@@H]1CCCCN1C2=O. The monoisotopic (exact) mass is 811 g/mol. The predicted molar refractivity (Wildman–Crippen MR) is 218 cm³/mol. The number of rotatable bonds is 8. The molecular formula is C43H42ClN3O9S. The first-order chi connectivity index (χ1) is 27.8. The van der Waals surface area contributed by atoms with Crippen molar-refractivity contribution in [3.63, 3.8) is 0 Å². The zero-order valence-electron chi connectivity index (χ0n) is 31.3. The van der Waals surface area contributed by atoms with E-state index >= 15 is 0 Å². The summed E-state index contributed by atoms with van der Waals surface area (Å²) < 4.78 is 25.6. The lowest BCUT2D eigenvalue weighted by Gasteiger charge is -2.42. The van der Waals surface area contributed by atoms with Gasteiger partial charge in [0.1, 0.15) is 17.2 Å². The van der Waals surface area contributed by atoms with Gasteiger partial charge in [0.15, 0.2) is 24.0 Å². The number of ether oxygens (including phenoxy) is 4. The number of phenolic OH excluding ortho intramolecular Hbond substituents is 1. The fraction of sp³-hybridized carbons (Fsp3) is 0.372. The van der Waals surface area contributed by atoms with Gasteiger partial charge in [-0.2, -0.15) is 0 Å². The van der Waals surface area contributed by atoms with Crippen molar-refractivity contribution in [2.45, 2.75) is 69.6 Å². The third-order valence-electron chi connectivity index (χ3n) is 11.6. The third kappa shape index (κ3) is 6.50. The quantitative estimate of drug-likeness (QED) is 0.147. The van der Waals surface area contributed by atoms with Crippen molar-refractivity contribution in [2.75, 3.05) is 42.5 Å². The van der Waals surface area contributed by atoms with E-state index in [1.165, 1.54) is 30.6 Å². The first kappa shape index (κ1) is 37.5. The van der Waals surface area contributed by atoms with Crippen LogP contribution < -0.4 is 19.3 Å². The van der Waals surface area contributed by atoms with Crippen LogP contribution in [0.25, 0.3) is 20.9 Å². The Kier molecular flexibility index (Phi) is 10.1. The van der Waals surface area contributed by atoms with Gasteiger partial charge in [-0.15, -0.1) is 22.9 Å². The number of alkyl halides is 1. The topological polar surface area (TPSA) is 138 Å². The van der Waals surface area contributed by atoms with Crippen LogP contribution >= 0.6 is 22.9 Å². The summed E-state index contributed by atoms with van der Waals surface area (Å²) in [6.45, 7) is 1.24. The van der Waals surface area contributed by atoms with Crippen molar-refractivity contribution < 1.29 is 43.5 Å². The molecule has 2 N–H and O–H groups in total. The maximum atomic E-state index is 14.7. The fourth-order valence-corrected chi connectivity index (χ4v) is 10.3. The molecule has 2 fully saturated rings. The normalized spacial score (nSPS) is 21.9. The number of halogens is 1. The first-order valence-corrected chi connectivity index (χ1v) is 20.7. The molecule has 9 rings (SSSR count). The number of fused-ring (bicyclic) bond motifs is 6. The molecule has 12 nitrogen and oxygen atoms in total. The Bertz CT molecular complexity index is 2400. The fourth-order valence-electron chi connectivity index (χ4n) is 8.93. The Morgan fingerprint density at radius 3 is 2.47 bits per heavy atom. The number of nitrogens with zero attached hydrogens (tertiary/aromatic N) is 3. The maximum absolute atomic E-state index is 14.7. The smallest absolute Gasteiger partial charge is 0.414 e. The summed E-state index contributed by atoms with van der Waals surface area (Å²) in [6, 6.07) is 19.5.